The van der Waals surface area contributed by atoms with E-state index in [0.29, 0.717) is 10.5 Å². The van der Waals surface area contributed by atoms with Crippen molar-refractivity contribution in [1.29, 1.82) is 0 Å². The maximum Gasteiger partial charge on any atom is 0.198 e. The summed E-state index contributed by atoms with van der Waals surface area (Å²) in [5.41, 5.74) is 0. The summed E-state index contributed by atoms with van der Waals surface area (Å²) in [7, 11) is 0.508. The molecule has 0 spiro atoms. The molecule has 0 saturated heterocycles. The average molecular weight is 106 g/mol. The normalized spacial score (nSPS) is 8.00. The van der Waals surface area contributed by atoms with E-state index in [2.05, 4.69) is 21.1 Å². The van der Waals surface area contributed by atoms with Gasteiger partial charge in [-0.05, 0) is 5.04 Å². The predicted octanol–water partition coefficient (Wildman–Crippen LogP) is -0.710. The van der Waals surface area contributed by atoms with Crippen LogP contribution in [0.3, 0.4) is 0 Å². The van der Waals surface area contributed by atoms with Crippen molar-refractivity contribution >= 4 is 10.5 Å². The molecule has 4 heteroatoms. The minimum Gasteiger partial charge on any atom is -0.318 e. The molecule has 0 atom stereocenters. The molecule has 0 aliphatic carbocycles. The summed E-state index contributed by atoms with van der Waals surface area (Å²) in [4.78, 5) is 4.06. The van der Waals surface area contributed by atoms with E-state index in [4.69, 9.17) is 0 Å². The molecular weight excluding hydrogens is 100 g/mol. The standard InChI is InChI=1S/C2H6O3Si/c1-2-3-4-5-6/h2H,1H2,6H3. The van der Waals surface area contributed by atoms with Crippen LogP contribution in [-0.2, 0) is 14.5 Å². The zero-order valence-electron chi connectivity index (χ0n) is 3.51. The Balaban J connectivity index is 2.49. The highest BCUT2D eigenvalue weighted by atomic mass is 28.2. The van der Waals surface area contributed by atoms with Gasteiger partial charge in [-0.1, -0.05) is 6.58 Å². The smallest absolute Gasteiger partial charge is 0.198 e. The summed E-state index contributed by atoms with van der Waals surface area (Å²) >= 11 is 0. The van der Waals surface area contributed by atoms with Crippen LogP contribution < -0.4 is 0 Å². The van der Waals surface area contributed by atoms with Crippen molar-refractivity contribution < 1.29 is 14.5 Å². The van der Waals surface area contributed by atoms with E-state index in [1.807, 2.05) is 0 Å². The number of hydrogen-bond acceptors (Lipinski definition) is 3. The van der Waals surface area contributed by atoms with Crippen LogP contribution in [0.2, 0.25) is 0 Å². The first kappa shape index (κ1) is 5.68. The molecule has 0 unspecified atom stereocenters. The molecule has 3 nitrogen and oxygen atoms in total. The lowest BCUT2D eigenvalue weighted by molar-refractivity contribution is -0.439. The third-order valence-corrected chi connectivity index (χ3v) is 0.311. The molecule has 36 valence electrons. The average Bonchev–Trinajstić information content (AvgIpc) is 1.61. The summed E-state index contributed by atoms with van der Waals surface area (Å²) in [6.45, 7) is 3.19. The highest BCUT2D eigenvalue weighted by Crippen LogP contribution is 1.72. The van der Waals surface area contributed by atoms with Gasteiger partial charge < -0.3 is 4.89 Å². The van der Waals surface area contributed by atoms with Crippen molar-refractivity contribution in [2.45, 2.75) is 0 Å². The van der Waals surface area contributed by atoms with Crippen LogP contribution >= 0.6 is 0 Å². The van der Waals surface area contributed by atoms with Crippen LogP contribution in [-0.4, -0.2) is 10.5 Å². The largest absolute Gasteiger partial charge is 0.318 e. The van der Waals surface area contributed by atoms with Gasteiger partial charge in [0.05, 0.1) is 0 Å². The highest BCUT2D eigenvalue weighted by Gasteiger charge is 1.65. The lowest BCUT2D eigenvalue weighted by Gasteiger charge is -1.89. The van der Waals surface area contributed by atoms with Crippen molar-refractivity contribution in [1.82, 2.24) is 0 Å². The van der Waals surface area contributed by atoms with Gasteiger partial charge in [-0.3, -0.25) is 4.58 Å². The molecule has 0 aliphatic heterocycles. The fourth-order valence-electron chi connectivity index (χ4n) is 0.0671. The van der Waals surface area contributed by atoms with Crippen LogP contribution in [0.5, 0.6) is 0 Å². The molecule has 0 aromatic carbocycles. The Labute approximate surface area is 38.9 Å². The van der Waals surface area contributed by atoms with E-state index >= 15 is 0 Å². The summed E-state index contributed by atoms with van der Waals surface area (Å²) in [6, 6.07) is 0. The first-order valence-corrected chi connectivity index (χ1v) is 2.20. The molecule has 0 aromatic heterocycles. The van der Waals surface area contributed by atoms with Gasteiger partial charge in [0.2, 0.25) is 0 Å². The van der Waals surface area contributed by atoms with Gasteiger partial charge in [0.1, 0.15) is 6.26 Å². The molecule has 0 N–H and O–H groups in total. The van der Waals surface area contributed by atoms with Crippen LogP contribution in [0.15, 0.2) is 12.8 Å². The van der Waals surface area contributed by atoms with Crippen molar-refractivity contribution in [2.24, 2.45) is 0 Å². The number of hydrogen-bond donors (Lipinski definition) is 0. The minimum absolute atomic E-state index is 0.508. The molecule has 0 bridgehead atoms. The lowest BCUT2D eigenvalue weighted by atomic mass is 11.2. The Morgan fingerprint density at radius 3 is 2.50 bits per heavy atom. The van der Waals surface area contributed by atoms with Gasteiger partial charge in [-0.15, -0.1) is 0 Å². The second-order valence-corrected chi connectivity index (χ2v) is 0.831. The first-order chi connectivity index (χ1) is 2.91. The Bertz CT molecular complexity index is 37.8. The zero-order chi connectivity index (χ0) is 4.83. The van der Waals surface area contributed by atoms with Crippen LogP contribution in [0, 0.1) is 0 Å². The Kier molecular flexibility index (Phi) is 4.43. The van der Waals surface area contributed by atoms with E-state index < -0.39 is 0 Å². The molecule has 0 aliphatic rings. The molecule has 0 saturated carbocycles. The second-order valence-electron chi connectivity index (χ2n) is 0.498. The molecule has 0 heterocycles. The molecule has 0 fully saturated rings. The molecule has 6 heavy (non-hydrogen) atoms. The van der Waals surface area contributed by atoms with Gasteiger partial charge in [0.25, 0.3) is 0 Å². The van der Waals surface area contributed by atoms with Crippen LogP contribution in [0.4, 0.5) is 0 Å². The maximum absolute atomic E-state index is 4.13. The predicted molar refractivity (Wildman–Crippen MR) is 23.4 cm³/mol. The summed E-state index contributed by atoms with van der Waals surface area (Å²) in [5, 5.41) is 3.93. The van der Waals surface area contributed by atoms with Crippen molar-refractivity contribution in [2.75, 3.05) is 0 Å². The van der Waals surface area contributed by atoms with Crippen molar-refractivity contribution in [3.63, 3.8) is 0 Å². The van der Waals surface area contributed by atoms with E-state index in [1.165, 1.54) is 0 Å². The summed E-state index contributed by atoms with van der Waals surface area (Å²) < 4.78 is 4.13. The fraction of sp³-hybridized carbons (Fsp3) is 0. The molecular formula is C2H6O3Si. The van der Waals surface area contributed by atoms with Gasteiger partial charge in [-0.2, -0.15) is 0 Å². The van der Waals surface area contributed by atoms with Gasteiger partial charge >= 0.3 is 0 Å². The van der Waals surface area contributed by atoms with E-state index in [-0.39, 0.29) is 0 Å². The highest BCUT2D eigenvalue weighted by molar-refractivity contribution is 5.97. The minimum atomic E-state index is 0.508. The Hall–Kier alpha value is -0.323. The maximum atomic E-state index is 4.13. The second kappa shape index (κ2) is 4.68. The summed E-state index contributed by atoms with van der Waals surface area (Å²) in [6.07, 6.45) is 1.14. The van der Waals surface area contributed by atoms with Gasteiger partial charge in [-0.25, -0.2) is 0 Å². The van der Waals surface area contributed by atoms with E-state index in [0.717, 1.165) is 6.26 Å². The molecule has 0 aromatic rings. The third-order valence-electron chi connectivity index (χ3n) is 0.175. The monoisotopic (exact) mass is 106 g/mol. The van der Waals surface area contributed by atoms with Crippen LogP contribution in [0.1, 0.15) is 0 Å². The fourth-order valence-corrected chi connectivity index (χ4v) is 0.146. The molecule has 0 rings (SSSR count). The van der Waals surface area contributed by atoms with E-state index in [1.54, 1.807) is 0 Å². The quantitative estimate of drug-likeness (QED) is 0.156. The number of rotatable bonds is 3. The summed E-state index contributed by atoms with van der Waals surface area (Å²) in [5.74, 6) is 0. The lowest BCUT2D eigenvalue weighted by Crippen LogP contribution is -1.83. The zero-order valence-corrected chi connectivity index (χ0v) is 5.51. The van der Waals surface area contributed by atoms with Crippen molar-refractivity contribution in [3.8, 4) is 0 Å². The third kappa shape index (κ3) is 3.68. The topological polar surface area (TPSA) is 27.7 Å². The van der Waals surface area contributed by atoms with Gasteiger partial charge in [0.15, 0.2) is 10.5 Å². The van der Waals surface area contributed by atoms with Crippen LogP contribution in [0.25, 0.3) is 0 Å². The molecule has 0 amide bonds. The Morgan fingerprint density at radius 1 is 1.67 bits per heavy atom. The first-order valence-electron chi connectivity index (χ1n) is 1.39. The Morgan fingerprint density at radius 2 is 2.33 bits per heavy atom. The molecule has 0 radical (unpaired) electrons. The SMILES string of the molecule is C=COOO[SiH3]. The van der Waals surface area contributed by atoms with E-state index in [9.17, 15) is 0 Å². The van der Waals surface area contributed by atoms with Crippen molar-refractivity contribution in [3.05, 3.63) is 12.8 Å². The van der Waals surface area contributed by atoms with Gasteiger partial charge in [0, 0.05) is 0 Å².